The van der Waals surface area contributed by atoms with Crippen molar-refractivity contribution in [2.75, 3.05) is 31.7 Å². The van der Waals surface area contributed by atoms with Gasteiger partial charge in [-0.2, -0.15) is 0 Å². The van der Waals surface area contributed by atoms with E-state index < -0.39 is 0 Å². The quantitative estimate of drug-likeness (QED) is 0.800. The van der Waals surface area contributed by atoms with Gasteiger partial charge in [0.2, 0.25) is 0 Å². The van der Waals surface area contributed by atoms with Crippen LogP contribution in [0.15, 0.2) is 24.3 Å². The van der Waals surface area contributed by atoms with Crippen molar-refractivity contribution in [3.63, 3.8) is 0 Å². The standard InChI is InChI=1S/C14H21NO2/c1-12-6-3-4-7-13(12)15(2)9-8-14-16-10-5-11-17-14/h3-4,6-7,14H,5,8-11H2,1-2H3. The number of benzene rings is 1. The molecule has 17 heavy (non-hydrogen) atoms. The summed E-state index contributed by atoms with van der Waals surface area (Å²) in [6, 6.07) is 8.43. The fourth-order valence-electron chi connectivity index (χ4n) is 2.11. The lowest BCUT2D eigenvalue weighted by Gasteiger charge is -2.27. The van der Waals surface area contributed by atoms with Gasteiger partial charge in [-0.3, -0.25) is 0 Å². The molecule has 0 amide bonds. The monoisotopic (exact) mass is 235 g/mol. The van der Waals surface area contributed by atoms with Crippen molar-refractivity contribution in [1.29, 1.82) is 0 Å². The molecule has 1 aromatic carbocycles. The lowest BCUT2D eigenvalue weighted by Crippen LogP contribution is -2.30. The van der Waals surface area contributed by atoms with Crippen molar-refractivity contribution in [2.45, 2.75) is 26.1 Å². The van der Waals surface area contributed by atoms with Gasteiger partial charge in [-0.05, 0) is 25.0 Å². The molecule has 3 nitrogen and oxygen atoms in total. The number of nitrogens with zero attached hydrogens (tertiary/aromatic N) is 1. The van der Waals surface area contributed by atoms with Crippen molar-refractivity contribution >= 4 is 5.69 Å². The second-order valence-electron chi connectivity index (χ2n) is 4.52. The molecule has 0 aromatic heterocycles. The predicted molar refractivity (Wildman–Crippen MR) is 69.4 cm³/mol. The van der Waals surface area contributed by atoms with Crippen LogP contribution in [0.25, 0.3) is 0 Å². The molecule has 1 heterocycles. The highest BCUT2D eigenvalue weighted by molar-refractivity contribution is 5.52. The van der Waals surface area contributed by atoms with Crippen LogP contribution in [0.2, 0.25) is 0 Å². The molecule has 0 unspecified atom stereocenters. The van der Waals surface area contributed by atoms with E-state index in [9.17, 15) is 0 Å². The highest BCUT2D eigenvalue weighted by atomic mass is 16.7. The van der Waals surface area contributed by atoms with Crippen LogP contribution < -0.4 is 4.90 Å². The Morgan fingerprint density at radius 2 is 1.94 bits per heavy atom. The molecule has 0 radical (unpaired) electrons. The zero-order chi connectivity index (χ0) is 12.1. The molecule has 0 atom stereocenters. The molecule has 3 heteroatoms. The number of para-hydroxylation sites is 1. The minimum atomic E-state index is -0.0183. The largest absolute Gasteiger partial charge is 0.374 e. The maximum atomic E-state index is 5.55. The van der Waals surface area contributed by atoms with E-state index in [2.05, 4.69) is 43.1 Å². The topological polar surface area (TPSA) is 21.7 Å². The molecular formula is C14H21NO2. The molecule has 1 fully saturated rings. The van der Waals surface area contributed by atoms with E-state index in [0.717, 1.165) is 32.6 Å². The van der Waals surface area contributed by atoms with E-state index in [0.29, 0.717) is 0 Å². The first kappa shape index (κ1) is 12.4. The van der Waals surface area contributed by atoms with Gasteiger partial charge < -0.3 is 14.4 Å². The van der Waals surface area contributed by atoms with Crippen molar-refractivity contribution < 1.29 is 9.47 Å². The van der Waals surface area contributed by atoms with Crippen molar-refractivity contribution in [3.05, 3.63) is 29.8 Å². The van der Waals surface area contributed by atoms with Gasteiger partial charge in [0, 0.05) is 25.7 Å². The maximum absolute atomic E-state index is 5.55. The molecule has 1 aliphatic rings. The molecule has 2 rings (SSSR count). The molecule has 1 aromatic rings. The normalized spacial score (nSPS) is 17.1. The summed E-state index contributed by atoms with van der Waals surface area (Å²) in [6.07, 6.45) is 1.92. The highest BCUT2D eigenvalue weighted by Gasteiger charge is 2.15. The minimum Gasteiger partial charge on any atom is -0.374 e. The van der Waals surface area contributed by atoms with E-state index in [4.69, 9.17) is 9.47 Å². The fourth-order valence-corrected chi connectivity index (χ4v) is 2.11. The summed E-state index contributed by atoms with van der Waals surface area (Å²) in [5.41, 5.74) is 2.59. The summed E-state index contributed by atoms with van der Waals surface area (Å²) in [4.78, 5) is 2.26. The zero-order valence-electron chi connectivity index (χ0n) is 10.7. The number of aryl methyl sites for hydroxylation is 1. The zero-order valence-corrected chi connectivity index (χ0v) is 10.7. The van der Waals surface area contributed by atoms with Crippen LogP contribution in [0, 0.1) is 6.92 Å². The number of hydrogen-bond donors (Lipinski definition) is 0. The Morgan fingerprint density at radius 1 is 1.24 bits per heavy atom. The predicted octanol–water partition coefficient (Wildman–Crippen LogP) is 2.58. The molecule has 1 aliphatic heterocycles. The van der Waals surface area contributed by atoms with Gasteiger partial charge in [-0.15, -0.1) is 0 Å². The second-order valence-corrected chi connectivity index (χ2v) is 4.52. The van der Waals surface area contributed by atoms with Crippen LogP contribution in [0.4, 0.5) is 5.69 Å². The summed E-state index contributed by atoms with van der Waals surface area (Å²) in [7, 11) is 2.12. The van der Waals surface area contributed by atoms with Crippen molar-refractivity contribution in [3.8, 4) is 0 Å². The molecular weight excluding hydrogens is 214 g/mol. The van der Waals surface area contributed by atoms with E-state index in [1.165, 1.54) is 11.3 Å². The maximum Gasteiger partial charge on any atom is 0.159 e. The summed E-state index contributed by atoms with van der Waals surface area (Å²) in [5, 5.41) is 0. The van der Waals surface area contributed by atoms with E-state index >= 15 is 0 Å². The smallest absolute Gasteiger partial charge is 0.159 e. The third-order valence-electron chi connectivity index (χ3n) is 3.12. The van der Waals surface area contributed by atoms with Crippen LogP contribution in [-0.4, -0.2) is 33.1 Å². The van der Waals surface area contributed by atoms with Crippen LogP contribution in [0.1, 0.15) is 18.4 Å². The molecule has 0 N–H and O–H groups in total. The van der Waals surface area contributed by atoms with E-state index in [1.807, 2.05) is 0 Å². The Kier molecular flexibility index (Phi) is 4.40. The first-order valence-electron chi connectivity index (χ1n) is 6.27. The average molecular weight is 235 g/mol. The van der Waals surface area contributed by atoms with Gasteiger partial charge in [0.05, 0.1) is 13.2 Å². The first-order chi connectivity index (χ1) is 8.27. The summed E-state index contributed by atoms with van der Waals surface area (Å²) >= 11 is 0. The Hall–Kier alpha value is -1.06. The van der Waals surface area contributed by atoms with Gasteiger partial charge in [-0.1, -0.05) is 18.2 Å². The van der Waals surface area contributed by atoms with Crippen LogP contribution in [0.5, 0.6) is 0 Å². The van der Waals surface area contributed by atoms with Crippen LogP contribution in [0.3, 0.4) is 0 Å². The third kappa shape index (κ3) is 3.45. The van der Waals surface area contributed by atoms with Crippen LogP contribution in [-0.2, 0) is 9.47 Å². The number of hydrogen-bond acceptors (Lipinski definition) is 3. The number of ether oxygens (including phenoxy) is 2. The number of anilines is 1. The highest BCUT2D eigenvalue weighted by Crippen LogP contribution is 2.19. The van der Waals surface area contributed by atoms with Gasteiger partial charge >= 0.3 is 0 Å². The van der Waals surface area contributed by atoms with Gasteiger partial charge in [-0.25, -0.2) is 0 Å². The lowest BCUT2D eigenvalue weighted by atomic mass is 10.2. The summed E-state index contributed by atoms with van der Waals surface area (Å²) in [5.74, 6) is 0. The van der Waals surface area contributed by atoms with Gasteiger partial charge in [0.25, 0.3) is 0 Å². The summed E-state index contributed by atoms with van der Waals surface area (Å²) < 4.78 is 11.1. The summed E-state index contributed by atoms with van der Waals surface area (Å²) in [6.45, 7) is 4.76. The van der Waals surface area contributed by atoms with Gasteiger partial charge in [0.1, 0.15) is 0 Å². The SMILES string of the molecule is Cc1ccccc1N(C)CCC1OCCCO1. The first-order valence-corrected chi connectivity index (χ1v) is 6.27. The minimum absolute atomic E-state index is 0.0183. The Balaban J connectivity index is 1.84. The molecule has 94 valence electrons. The third-order valence-corrected chi connectivity index (χ3v) is 3.12. The van der Waals surface area contributed by atoms with E-state index in [-0.39, 0.29) is 6.29 Å². The van der Waals surface area contributed by atoms with Crippen LogP contribution >= 0.6 is 0 Å². The molecule has 0 aliphatic carbocycles. The number of rotatable bonds is 4. The fraction of sp³-hybridized carbons (Fsp3) is 0.571. The lowest BCUT2D eigenvalue weighted by molar-refractivity contribution is -0.179. The molecule has 0 spiro atoms. The molecule has 0 bridgehead atoms. The average Bonchev–Trinajstić information content (AvgIpc) is 2.38. The second kappa shape index (κ2) is 6.03. The Morgan fingerprint density at radius 3 is 2.65 bits per heavy atom. The van der Waals surface area contributed by atoms with E-state index in [1.54, 1.807) is 0 Å². The molecule has 1 saturated heterocycles. The van der Waals surface area contributed by atoms with Crippen molar-refractivity contribution in [1.82, 2.24) is 0 Å². The Bertz CT molecular complexity index is 348. The Labute approximate surface area is 103 Å². The molecule has 0 saturated carbocycles. The van der Waals surface area contributed by atoms with Crippen molar-refractivity contribution in [2.24, 2.45) is 0 Å². The van der Waals surface area contributed by atoms with Gasteiger partial charge in [0.15, 0.2) is 6.29 Å².